The molecule has 0 spiro atoms. The number of piperidine rings is 1. The summed E-state index contributed by atoms with van der Waals surface area (Å²) < 4.78 is 11.4. The number of fused-ring (bicyclic) bond motifs is 1. The summed E-state index contributed by atoms with van der Waals surface area (Å²) >= 11 is 0. The Morgan fingerprint density at radius 3 is 2.76 bits per heavy atom. The number of amides is 1. The van der Waals surface area contributed by atoms with E-state index in [9.17, 15) is 4.79 Å². The molecule has 1 aromatic heterocycles. The van der Waals surface area contributed by atoms with Crippen LogP contribution in [0.15, 0.2) is 24.3 Å². The first kappa shape index (κ1) is 16.5. The molecule has 1 atom stereocenters. The summed E-state index contributed by atoms with van der Waals surface area (Å²) in [6.07, 6.45) is 2.76. The summed E-state index contributed by atoms with van der Waals surface area (Å²) in [4.78, 5) is 19.9. The molecule has 0 bridgehead atoms. The van der Waals surface area contributed by atoms with Crippen LogP contribution < -0.4 is 0 Å². The quantitative estimate of drug-likeness (QED) is 0.842. The van der Waals surface area contributed by atoms with Gasteiger partial charge in [0.25, 0.3) is 5.91 Å². The lowest BCUT2D eigenvalue weighted by Crippen LogP contribution is -2.50. The zero-order valence-corrected chi connectivity index (χ0v) is 14.8. The molecule has 25 heavy (non-hydrogen) atoms. The van der Waals surface area contributed by atoms with Gasteiger partial charge in [0, 0.05) is 11.9 Å². The summed E-state index contributed by atoms with van der Waals surface area (Å²) in [6.45, 7) is 5.93. The maximum Gasteiger partial charge on any atom is 0.256 e. The molecule has 2 aromatic rings. The molecule has 5 nitrogen and oxygen atoms in total. The van der Waals surface area contributed by atoms with E-state index in [-0.39, 0.29) is 18.2 Å². The van der Waals surface area contributed by atoms with Gasteiger partial charge in [-0.1, -0.05) is 11.6 Å². The Hall–Kier alpha value is -1.98. The predicted octanol–water partition coefficient (Wildman–Crippen LogP) is 3.22. The van der Waals surface area contributed by atoms with E-state index in [1.807, 2.05) is 30.0 Å². The van der Waals surface area contributed by atoms with Crippen LogP contribution in [0.5, 0.6) is 0 Å². The number of ether oxygens (including phenoxy) is 2. The highest BCUT2D eigenvalue weighted by atomic mass is 16.7. The molecule has 0 unspecified atom stereocenters. The minimum Gasteiger partial charge on any atom is -0.348 e. The number of carbonyl (C=O) groups excluding carboxylic acids is 1. The Labute approximate surface area is 147 Å². The highest BCUT2D eigenvalue weighted by molar-refractivity contribution is 5.99. The second-order valence-corrected chi connectivity index (χ2v) is 6.99. The summed E-state index contributed by atoms with van der Waals surface area (Å²) in [6, 6.07) is 8.11. The number of rotatable bonds is 2. The van der Waals surface area contributed by atoms with Crippen LogP contribution in [0.2, 0.25) is 0 Å². The van der Waals surface area contributed by atoms with E-state index in [0.29, 0.717) is 18.8 Å². The first-order valence-corrected chi connectivity index (χ1v) is 9.06. The van der Waals surface area contributed by atoms with Crippen LogP contribution in [0.1, 0.15) is 40.9 Å². The summed E-state index contributed by atoms with van der Waals surface area (Å²) in [5, 5.41) is 1.01. The zero-order valence-electron chi connectivity index (χ0n) is 14.8. The van der Waals surface area contributed by atoms with E-state index in [4.69, 9.17) is 9.47 Å². The van der Waals surface area contributed by atoms with Gasteiger partial charge in [0.15, 0.2) is 6.29 Å². The van der Waals surface area contributed by atoms with Crippen LogP contribution in [-0.4, -0.2) is 47.9 Å². The number of nitrogens with zero attached hydrogens (tertiary/aromatic N) is 2. The molecule has 5 heteroatoms. The van der Waals surface area contributed by atoms with Gasteiger partial charge < -0.3 is 14.4 Å². The summed E-state index contributed by atoms with van der Waals surface area (Å²) in [7, 11) is 0. The van der Waals surface area contributed by atoms with E-state index in [1.54, 1.807) is 0 Å². The smallest absolute Gasteiger partial charge is 0.256 e. The van der Waals surface area contributed by atoms with Gasteiger partial charge in [-0.25, -0.2) is 0 Å². The molecule has 1 aromatic carbocycles. The monoisotopic (exact) mass is 340 g/mol. The lowest BCUT2D eigenvalue weighted by atomic mass is 9.99. The second-order valence-electron chi connectivity index (χ2n) is 6.99. The van der Waals surface area contributed by atoms with Gasteiger partial charge in [-0.05, 0) is 51.3 Å². The van der Waals surface area contributed by atoms with Gasteiger partial charge in [0.05, 0.1) is 36.0 Å². The van der Waals surface area contributed by atoms with Crippen molar-refractivity contribution in [3.63, 3.8) is 0 Å². The van der Waals surface area contributed by atoms with Gasteiger partial charge in [-0.2, -0.15) is 0 Å². The third kappa shape index (κ3) is 3.14. The van der Waals surface area contributed by atoms with E-state index in [0.717, 1.165) is 42.4 Å². The van der Waals surface area contributed by atoms with E-state index in [1.165, 1.54) is 5.56 Å². The molecule has 0 N–H and O–H groups in total. The largest absolute Gasteiger partial charge is 0.348 e. The van der Waals surface area contributed by atoms with Crippen molar-refractivity contribution < 1.29 is 14.3 Å². The molecule has 132 valence electrons. The normalized spacial score (nSPS) is 21.8. The fourth-order valence-corrected chi connectivity index (χ4v) is 3.85. The van der Waals surface area contributed by atoms with Crippen molar-refractivity contribution in [3.05, 3.63) is 41.1 Å². The zero-order chi connectivity index (χ0) is 17.4. The van der Waals surface area contributed by atoms with Crippen LogP contribution in [0.4, 0.5) is 0 Å². The van der Waals surface area contributed by atoms with E-state index in [2.05, 4.69) is 18.0 Å². The van der Waals surface area contributed by atoms with Gasteiger partial charge in [-0.15, -0.1) is 0 Å². The standard InChI is InChI=1S/C20H24N2O3/c1-13-6-7-17-15(11-13)12-16(14(2)21-17)19(23)22-8-4-3-5-18(22)20-24-9-10-25-20/h6-7,11-12,18,20H,3-5,8-10H2,1-2H3/t18-/m0/s1. The Kier molecular flexibility index (Phi) is 4.44. The molecule has 0 radical (unpaired) electrons. The van der Waals surface area contributed by atoms with Crippen molar-refractivity contribution >= 4 is 16.8 Å². The number of carbonyl (C=O) groups is 1. The third-order valence-corrected chi connectivity index (χ3v) is 5.16. The molecule has 4 rings (SSSR count). The first-order valence-electron chi connectivity index (χ1n) is 9.06. The Bertz CT molecular complexity index is 799. The van der Waals surface area contributed by atoms with Crippen molar-refractivity contribution in [1.82, 2.24) is 9.88 Å². The average molecular weight is 340 g/mol. The van der Waals surface area contributed by atoms with E-state index >= 15 is 0 Å². The maximum atomic E-state index is 13.3. The third-order valence-electron chi connectivity index (χ3n) is 5.16. The van der Waals surface area contributed by atoms with Crippen molar-refractivity contribution in [1.29, 1.82) is 0 Å². The van der Waals surface area contributed by atoms with Crippen LogP contribution in [0.25, 0.3) is 10.9 Å². The molecule has 2 aliphatic heterocycles. The molecule has 2 saturated heterocycles. The van der Waals surface area contributed by atoms with Crippen LogP contribution in [-0.2, 0) is 9.47 Å². The lowest BCUT2D eigenvalue weighted by Gasteiger charge is -2.38. The van der Waals surface area contributed by atoms with Crippen LogP contribution in [0.3, 0.4) is 0 Å². The predicted molar refractivity (Wildman–Crippen MR) is 95.6 cm³/mol. The van der Waals surface area contributed by atoms with Crippen molar-refractivity contribution in [2.45, 2.75) is 45.4 Å². The number of hydrogen-bond donors (Lipinski definition) is 0. The van der Waals surface area contributed by atoms with Gasteiger partial charge >= 0.3 is 0 Å². The molecule has 1 amide bonds. The Morgan fingerprint density at radius 1 is 1.16 bits per heavy atom. The number of aryl methyl sites for hydroxylation is 2. The molecule has 0 saturated carbocycles. The van der Waals surface area contributed by atoms with Crippen molar-refractivity contribution in [3.8, 4) is 0 Å². The molecular weight excluding hydrogens is 316 g/mol. The topological polar surface area (TPSA) is 51.7 Å². The highest BCUT2D eigenvalue weighted by Crippen LogP contribution is 2.27. The summed E-state index contributed by atoms with van der Waals surface area (Å²) in [5.74, 6) is 0.0391. The number of pyridine rings is 1. The fraction of sp³-hybridized carbons (Fsp3) is 0.500. The summed E-state index contributed by atoms with van der Waals surface area (Å²) in [5.41, 5.74) is 3.55. The average Bonchev–Trinajstić information content (AvgIpc) is 3.15. The number of likely N-dealkylation sites (tertiary alicyclic amines) is 1. The fourth-order valence-electron chi connectivity index (χ4n) is 3.85. The maximum absolute atomic E-state index is 13.3. The lowest BCUT2D eigenvalue weighted by molar-refractivity contribution is -0.100. The van der Waals surface area contributed by atoms with Crippen molar-refractivity contribution in [2.75, 3.05) is 19.8 Å². The minimum atomic E-state index is -0.291. The second kappa shape index (κ2) is 6.73. The molecule has 2 fully saturated rings. The molecule has 2 aliphatic rings. The first-order chi connectivity index (χ1) is 12.1. The van der Waals surface area contributed by atoms with Gasteiger partial charge in [0.2, 0.25) is 0 Å². The Morgan fingerprint density at radius 2 is 1.96 bits per heavy atom. The number of hydrogen-bond acceptors (Lipinski definition) is 4. The van der Waals surface area contributed by atoms with Gasteiger partial charge in [-0.3, -0.25) is 9.78 Å². The van der Waals surface area contributed by atoms with E-state index < -0.39 is 0 Å². The van der Waals surface area contributed by atoms with Gasteiger partial charge in [0.1, 0.15) is 0 Å². The SMILES string of the molecule is Cc1ccc2nc(C)c(C(=O)N3CCCC[C@H]3C3OCCO3)cc2c1. The number of aromatic nitrogens is 1. The number of benzene rings is 1. The minimum absolute atomic E-state index is 0.00337. The molecule has 3 heterocycles. The van der Waals surface area contributed by atoms with Crippen LogP contribution >= 0.6 is 0 Å². The van der Waals surface area contributed by atoms with Crippen LogP contribution in [0, 0.1) is 13.8 Å². The van der Waals surface area contributed by atoms with Crippen molar-refractivity contribution in [2.24, 2.45) is 0 Å². The Balaban J connectivity index is 1.68. The molecular formula is C20H24N2O3. The molecule has 0 aliphatic carbocycles. The highest BCUT2D eigenvalue weighted by Gasteiger charge is 2.37.